The van der Waals surface area contributed by atoms with E-state index in [2.05, 4.69) is 29.0 Å². The highest BCUT2D eigenvalue weighted by molar-refractivity contribution is 5.78. The van der Waals surface area contributed by atoms with Crippen LogP contribution in [0.3, 0.4) is 0 Å². The molecule has 136 valence electrons. The highest BCUT2D eigenvalue weighted by Crippen LogP contribution is 2.23. The first-order valence-electron chi connectivity index (χ1n) is 8.96. The number of aromatic nitrogens is 3. The van der Waals surface area contributed by atoms with E-state index in [1.807, 2.05) is 4.90 Å². The van der Waals surface area contributed by atoms with Crippen LogP contribution in [0.4, 0.5) is 0 Å². The van der Waals surface area contributed by atoms with Crippen molar-refractivity contribution in [2.24, 2.45) is 0 Å². The lowest BCUT2D eigenvalue weighted by molar-refractivity contribution is -0.133. The van der Waals surface area contributed by atoms with Gasteiger partial charge in [-0.3, -0.25) is 9.89 Å². The summed E-state index contributed by atoms with van der Waals surface area (Å²) in [6, 6.07) is 0.241. The number of carbonyl (C=O) groups is 1. The quantitative estimate of drug-likeness (QED) is 0.744. The maximum Gasteiger partial charge on any atom is 0.230 e. The summed E-state index contributed by atoms with van der Waals surface area (Å²) in [7, 11) is 1.66. The first-order chi connectivity index (χ1) is 11.7. The van der Waals surface area contributed by atoms with Crippen LogP contribution in [0.5, 0.6) is 0 Å². The first kappa shape index (κ1) is 18.9. The minimum atomic E-state index is 0.0791. The molecule has 1 fully saturated rings. The summed E-state index contributed by atoms with van der Waals surface area (Å²) in [5.74, 6) is 1.87. The molecule has 0 saturated carbocycles. The number of carbonyl (C=O) groups excluding carboxylic acids is 1. The van der Waals surface area contributed by atoms with Crippen LogP contribution < -0.4 is 0 Å². The fourth-order valence-electron chi connectivity index (χ4n) is 3.20. The summed E-state index contributed by atoms with van der Waals surface area (Å²) >= 11 is 0. The van der Waals surface area contributed by atoms with E-state index in [9.17, 15) is 4.79 Å². The summed E-state index contributed by atoms with van der Waals surface area (Å²) in [6.07, 6.45) is 4.03. The summed E-state index contributed by atoms with van der Waals surface area (Å²) in [5.41, 5.74) is 0. The molecule has 0 unspecified atom stereocenters. The monoisotopic (exact) mass is 338 g/mol. The smallest absolute Gasteiger partial charge is 0.230 e. The molecule has 1 saturated heterocycles. The van der Waals surface area contributed by atoms with Crippen molar-refractivity contribution < 1.29 is 14.3 Å². The molecule has 1 aromatic rings. The number of H-pyrrole nitrogens is 1. The van der Waals surface area contributed by atoms with Gasteiger partial charge in [0, 0.05) is 38.8 Å². The zero-order valence-corrected chi connectivity index (χ0v) is 15.1. The number of nitrogens with one attached hydrogen (secondary N) is 1. The average molecular weight is 338 g/mol. The molecule has 1 aliphatic heterocycles. The van der Waals surface area contributed by atoms with Gasteiger partial charge < -0.3 is 14.4 Å². The number of amides is 1. The Morgan fingerprint density at radius 3 is 2.71 bits per heavy atom. The number of ether oxygens (including phenoxy) is 2. The van der Waals surface area contributed by atoms with Crippen molar-refractivity contribution in [2.45, 2.75) is 57.9 Å². The minimum Gasteiger partial charge on any atom is -0.383 e. The molecular weight excluding hydrogens is 308 g/mol. The summed E-state index contributed by atoms with van der Waals surface area (Å²) < 4.78 is 10.5. The first-order valence-corrected chi connectivity index (χ1v) is 8.96. The Balaban J connectivity index is 1.99. The van der Waals surface area contributed by atoms with E-state index in [4.69, 9.17) is 9.47 Å². The highest BCUT2D eigenvalue weighted by Gasteiger charge is 2.24. The van der Waals surface area contributed by atoms with Crippen molar-refractivity contribution in [3.63, 3.8) is 0 Å². The molecule has 24 heavy (non-hydrogen) atoms. The van der Waals surface area contributed by atoms with E-state index in [1.54, 1.807) is 7.11 Å². The van der Waals surface area contributed by atoms with Gasteiger partial charge >= 0.3 is 0 Å². The zero-order valence-electron chi connectivity index (χ0n) is 15.1. The molecule has 0 radical (unpaired) electrons. The number of methoxy groups -OCH3 is 1. The third-order valence-electron chi connectivity index (χ3n) is 4.69. The van der Waals surface area contributed by atoms with Crippen LogP contribution in [-0.4, -0.2) is 65.5 Å². The van der Waals surface area contributed by atoms with Gasteiger partial charge in [-0.2, -0.15) is 5.10 Å². The van der Waals surface area contributed by atoms with Gasteiger partial charge in [-0.05, 0) is 25.7 Å². The SMILES string of the molecule is CCC(CC)N(CCOC)C(=O)Cc1nc(C2CCOCC2)n[nH]1. The highest BCUT2D eigenvalue weighted by atomic mass is 16.5. The van der Waals surface area contributed by atoms with Gasteiger partial charge in [0.1, 0.15) is 5.82 Å². The number of hydrogen-bond donors (Lipinski definition) is 1. The van der Waals surface area contributed by atoms with Gasteiger partial charge in [-0.1, -0.05) is 13.8 Å². The van der Waals surface area contributed by atoms with Crippen molar-refractivity contribution >= 4 is 5.91 Å². The lowest BCUT2D eigenvalue weighted by atomic mass is 10.00. The van der Waals surface area contributed by atoms with E-state index in [0.29, 0.717) is 24.9 Å². The fraction of sp³-hybridized carbons (Fsp3) is 0.824. The van der Waals surface area contributed by atoms with Gasteiger partial charge in [-0.15, -0.1) is 0 Å². The molecule has 0 spiro atoms. The van der Waals surface area contributed by atoms with E-state index in [1.165, 1.54) is 0 Å². The molecule has 2 heterocycles. The van der Waals surface area contributed by atoms with Gasteiger partial charge in [0.15, 0.2) is 5.82 Å². The molecule has 2 rings (SSSR count). The van der Waals surface area contributed by atoms with Gasteiger partial charge in [0.2, 0.25) is 5.91 Å². The Labute approximate surface area is 144 Å². The second-order valence-corrected chi connectivity index (χ2v) is 6.25. The van der Waals surface area contributed by atoms with Gasteiger partial charge in [-0.25, -0.2) is 4.98 Å². The van der Waals surface area contributed by atoms with Crippen LogP contribution >= 0.6 is 0 Å². The maximum atomic E-state index is 12.7. The van der Waals surface area contributed by atoms with Crippen LogP contribution in [0.15, 0.2) is 0 Å². The lowest BCUT2D eigenvalue weighted by Crippen LogP contribution is -2.42. The minimum absolute atomic E-state index is 0.0791. The topological polar surface area (TPSA) is 80.3 Å². The molecule has 0 atom stereocenters. The molecule has 0 aromatic carbocycles. The molecule has 0 aliphatic carbocycles. The molecule has 0 bridgehead atoms. The number of nitrogens with zero attached hydrogens (tertiary/aromatic N) is 3. The standard InChI is InChI=1S/C17H30N4O3/c1-4-14(5-2)21(8-11-23-3)16(22)12-15-18-17(20-19-15)13-6-9-24-10-7-13/h13-14H,4-12H2,1-3H3,(H,18,19,20). The summed E-state index contributed by atoms with van der Waals surface area (Å²) in [6.45, 7) is 6.90. The fourth-order valence-corrected chi connectivity index (χ4v) is 3.20. The normalized spacial score (nSPS) is 15.8. The summed E-state index contributed by atoms with van der Waals surface area (Å²) in [5, 5.41) is 7.25. The molecular formula is C17H30N4O3. The number of aromatic amines is 1. The lowest BCUT2D eigenvalue weighted by Gasteiger charge is -2.30. The van der Waals surface area contributed by atoms with Crippen LogP contribution in [0.1, 0.15) is 57.1 Å². The summed E-state index contributed by atoms with van der Waals surface area (Å²) in [4.78, 5) is 19.2. The molecule has 1 amide bonds. The van der Waals surface area contributed by atoms with Crippen molar-refractivity contribution in [1.29, 1.82) is 0 Å². The van der Waals surface area contributed by atoms with Crippen LogP contribution in [0, 0.1) is 0 Å². The largest absolute Gasteiger partial charge is 0.383 e. The van der Waals surface area contributed by atoms with E-state index in [0.717, 1.165) is 44.7 Å². The van der Waals surface area contributed by atoms with Crippen LogP contribution in [0.25, 0.3) is 0 Å². The van der Waals surface area contributed by atoms with Crippen LogP contribution in [-0.2, 0) is 20.7 Å². The predicted octanol–water partition coefficient (Wildman–Crippen LogP) is 1.90. The second-order valence-electron chi connectivity index (χ2n) is 6.25. The van der Waals surface area contributed by atoms with Gasteiger partial charge in [0.05, 0.1) is 13.0 Å². The van der Waals surface area contributed by atoms with Crippen molar-refractivity contribution in [1.82, 2.24) is 20.1 Å². The third-order valence-corrected chi connectivity index (χ3v) is 4.69. The Morgan fingerprint density at radius 1 is 1.38 bits per heavy atom. The van der Waals surface area contributed by atoms with Gasteiger partial charge in [0.25, 0.3) is 0 Å². The Morgan fingerprint density at radius 2 is 2.08 bits per heavy atom. The zero-order chi connectivity index (χ0) is 17.4. The van der Waals surface area contributed by atoms with Crippen molar-refractivity contribution in [3.05, 3.63) is 11.6 Å². The van der Waals surface area contributed by atoms with Crippen LogP contribution in [0.2, 0.25) is 0 Å². The van der Waals surface area contributed by atoms with E-state index in [-0.39, 0.29) is 18.4 Å². The maximum absolute atomic E-state index is 12.7. The molecule has 1 aromatic heterocycles. The number of hydrogen-bond acceptors (Lipinski definition) is 5. The van der Waals surface area contributed by atoms with E-state index >= 15 is 0 Å². The molecule has 1 N–H and O–H groups in total. The van der Waals surface area contributed by atoms with E-state index < -0.39 is 0 Å². The third kappa shape index (κ3) is 5.01. The Kier molecular flexibility index (Phi) is 7.65. The molecule has 7 heteroatoms. The molecule has 7 nitrogen and oxygen atoms in total. The second kappa shape index (κ2) is 9.74. The van der Waals surface area contributed by atoms with Crippen molar-refractivity contribution in [3.8, 4) is 0 Å². The average Bonchev–Trinajstić information content (AvgIpc) is 3.07. The predicted molar refractivity (Wildman–Crippen MR) is 90.8 cm³/mol. The van der Waals surface area contributed by atoms with Crippen molar-refractivity contribution in [2.75, 3.05) is 33.5 Å². The Bertz CT molecular complexity index is 496. The number of rotatable bonds is 9. The molecule has 1 aliphatic rings. The Hall–Kier alpha value is -1.47.